The molecule has 188 valence electrons. The molecule has 5 rings (SSSR count). The van der Waals surface area contributed by atoms with E-state index in [4.69, 9.17) is 11.6 Å². The van der Waals surface area contributed by atoms with Crippen LogP contribution in [0.15, 0.2) is 41.3 Å². The van der Waals surface area contributed by atoms with Gasteiger partial charge in [-0.3, -0.25) is 4.79 Å². The first-order chi connectivity index (χ1) is 16.5. The van der Waals surface area contributed by atoms with Crippen molar-refractivity contribution in [2.24, 2.45) is 17.8 Å². The number of hydrogen-bond acceptors (Lipinski definition) is 5. The Hall–Kier alpha value is -2.07. The monoisotopic (exact) mass is 525 g/mol. The van der Waals surface area contributed by atoms with Gasteiger partial charge in [0.2, 0.25) is 0 Å². The SMILES string of the molecule is O=C(Nc1ccc(F)c(F)c1)c1ccc(Cl)c(S(=O)(=O)[C@@H]2C[C@H]3CC[C@@H](C2)[C@@]3(O)C(O)C2CC2)c1. The van der Waals surface area contributed by atoms with Gasteiger partial charge in [-0.2, -0.15) is 0 Å². The topological polar surface area (TPSA) is 104 Å². The molecular weight excluding hydrogens is 500 g/mol. The number of carbonyl (C=O) groups is 1. The van der Waals surface area contributed by atoms with Crippen LogP contribution in [0.1, 0.15) is 48.9 Å². The number of amides is 1. The molecular formula is C25H26ClF2NO5S. The molecule has 1 amide bonds. The van der Waals surface area contributed by atoms with Crippen molar-refractivity contribution in [3.05, 3.63) is 58.6 Å². The van der Waals surface area contributed by atoms with E-state index in [9.17, 15) is 32.2 Å². The van der Waals surface area contributed by atoms with Crippen LogP contribution in [0.5, 0.6) is 0 Å². The van der Waals surface area contributed by atoms with E-state index in [-0.39, 0.29) is 51.8 Å². The van der Waals surface area contributed by atoms with Crippen molar-refractivity contribution in [2.75, 3.05) is 5.32 Å². The van der Waals surface area contributed by atoms with Crippen LogP contribution in [0.25, 0.3) is 0 Å². The number of sulfone groups is 1. The van der Waals surface area contributed by atoms with Gasteiger partial charge < -0.3 is 15.5 Å². The van der Waals surface area contributed by atoms with Crippen molar-refractivity contribution < 1.29 is 32.2 Å². The third-order valence-corrected chi connectivity index (χ3v) is 10.6. The molecule has 1 unspecified atom stereocenters. The first-order valence-electron chi connectivity index (χ1n) is 11.7. The van der Waals surface area contributed by atoms with Crippen molar-refractivity contribution in [1.82, 2.24) is 0 Å². The molecule has 0 aromatic heterocycles. The summed E-state index contributed by atoms with van der Waals surface area (Å²) in [4.78, 5) is 12.5. The van der Waals surface area contributed by atoms with Crippen molar-refractivity contribution in [3.63, 3.8) is 0 Å². The first kappa shape index (κ1) is 24.6. The fourth-order valence-electron chi connectivity index (χ4n) is 5.89. The van der Waals surface area contributed by atoms with E-state index < -0.39 is 44.3 Å². The molecule has 5 atom stereocenters. The fraction of sp³-hybridized carbons (Fsp3) is 0.480. The Morgan fingerprint density at radius 1 is 1.03 bits per heavy atom. The summed E-state index contributed by atoms with van der Waals surface area (Å²) in [5.41, 5.74) is -1.24. The van der Waals surface area contributed by atoms with E-state index in [2.05, 4.69) is 5.32 Å². The molecule has 3 aliphatic carbocycles. The molecule has 0 heterocycles. The first-order valence-corrected chi connectivity index (χ1v) is 13.6. The van der Waals surface area contributed by atoms with Gasteiger partial charge in [-0.15, -0.1) is 0 Å². The Kier molecular flexibility index (Phi) is 6.19. The zero-order valence-corrected chi connectivity index (χ0v) is 20.3. The summed E-state index contributed by atoms with van der Waals surface area (Å²) in [6, 6.07) is 6.76. The van der Waals surface area contributed by atoms with Crippen molar-refractivity contribution in [1.29, 1.82) is 0 Å². The van der Waals surface area contributed by atoms with Gasteiger partial charge in [-0.25, -0.2) is 17.2 Å². The van der Waals surface area contributed by atoms with Gasteiger partial charge in [0.25, 0.3) is 5.91 Å². The standard InChI is InChI=1S/C25H26ClF2NO5S/c26-19-7-3-14(24(31)29-17-6-8-20(27)21(28)12-17)9-22(19)35(33,34)18-10-15-4-5-16(11-18)25(15,32)23(30)13-1-2-13/h3,6-9,12-13,15-16,18,23,30,32H,1-2,4-5,10-11H2,(H,29,31)/t15-,16+,18-,23?,25-. The van der Waals surface area contributed by atoms with E-state index >= 15 is 0 Å². The molecule has 0 aliphatic heterocycles. The number of halogens is 3. The molecule has 2 aromatic carbocycles. The summed E-state index contributed by atoms with van der Waals surface area (Å²) in [7, 11) is -3.95. The van der Waals surface area contributed by atoms with Gasteiger partial charge in [0, 0.05) is 17.3 Å². The highest BCUT2D eigenvalue weighted by atomic mass is 35.5. The Morgan fingerprint density at radius 3 is 2.29 bits per heavy atom. The molecule has 10 heteroatoms. The number of rotatable bonds is 6. The second kappa shape index (κ2) is 8.80. The van der Waals surface area contributed by atoms with Gasteiger partial charge in [0.1, 0.15) is 0 Å². The predicted octanol–water partition coefficient (Wildman–Crippen LogP) is 4.33. The number of aliphatic hydroxyl groups is 2. The van der Waals surface area contributed by atoms with Crippen LogP contribution in [-0.4, -0.2) is 41.5 Å². The van der Waals surface area contributed by atoms with Crippen LogP contribution in [0.2, 0.25) is 5.02 Å². The molecule has 3 N–H and O–H groups in total. The van der Waals surface area contributed by atoms with Crippen molar-refractivity contribution in [2.45, 2.75) is 60.4 Å². The summed E-state index contributed by atoms with van der Waals surface area (Å²) >= 11 is 6.26. The third-order valence-electron chi connectivity index (χ3n) is 7.92. The van der Waals surface area contributed by atoms with E-state index in [0.29, 0.717) is 12.8 Å². The Balaban J connectivity index is 1.38. The lowest BCUT2D eigenvalue weighted by Gasteiger charge is -2.45. The minimum atomic E-state index is -3.95. The second-order valence-corrected chi connectivity index (χ2v) is 12.6. The van der Waals surface area contributed by atoms with Crippen LogP contribution in [0.3, 0.4) is 0 Å². The van der Waals surface area contributed by atoms with Gasteiger partial charge in [0.15, 0.2) is 21.5 Å². The Labute approximate surface area is 207 Å². The van der Waals surface area contributed by atoms with Gasteiger partial charge in [-0.1, -0.05) is 11.6 Å². The lowest BCUT2D eigenvalue weighted by molar-refractivity contribution is -0.149. The smallest absolute Gasteiger partial charge is 0.255 e. The number of hydrogen-bond donors (Lipinski definition) is 3. The molecule has 2 aromatic rings. The van der Waals surface area contributed by atoms with Crippen LogP contribution in [0, 0.1) is 29.4 Å². The maximum Gasteiger partial charge on any atom is 0.255 e. The Morgan fingerprint density at radius 2 is 1.69 bits per heavy atom. The number of aliphatic hydroxyl groups excluding tert-OH is 1. The maximum absolute atomic E-state index is 13.6. The highest BCUT2D eigenvalue weighted by molar-refractivity contribution is 7.92. The molecule has 3 fully saturated rings. The quantitative estimate of drug-likeness (QED) is 0.520. The number of carbonyl (C=O) groups excluding carboxylic acids is 1. The summed E-state index contributed by atoms with van der Waals surface area (Å²) in [5, 5.41) is 23.7. The van der Waals surface area contributed by atoms with Gasteiger partial charge >= 0.3 is 0 Å². The number of anilines is 1. The number of nitrogens with one attached hydrogen (secondary N) is 1. The second-order valence-electron chi connectivity index (χ2n) is 10.0. The van der Waals surface area contributed by atoms with Crippen LogP contribution in [-0.2, 0) is 9.84 Å². The van der Waals surface area contributed by atoms with Crippen LogP contribution in [0.4, 0.5) is 14.5 Å². The highest BCUT2D eigenvalue weighted by Gasteiger charge is 2.61. The van der Waals surface area contributed by atoms with Crippen molar-refractivity contribution >= 4 is 33.0 Å². The van der Waals surface area contributed by atoms with Crippen LogP contribution < -0.4 is 5.32 Å². The van der Waals surface area contributed by atoms with Crippen molar-refractivity contribution in [3.8, 4) is 0 Å². The molecule has 3 saturated carbocycles. The van der Waals surface area contributed by atoms with E-state index in [1.54, 1.807) is 0 Å². The summed E-state index contributed by atoms with van der Waals surface area (Å²) in [5.74, 6) is -3.45. The zero-order valence-electron chi connectivity index (χ0n) is 18.8. The predicted molar refractivity (Wildman–Crippen MR) is 126 cm³/mol. The largest absolute Gasteiger partial charge is 0.390 e. The van der Waals surface area contributed by atoms with E-state index in [1.165, 1.54) is 24.3 Å². The number of benzene rings is 2. The zero-order chi connectivity index (χ0) is 25.1. The normalized spacial score (nSPS) is 29.1. The fourth-order valence-corrected chi connectivity index (χ4v) is 8.29. The third kappa shape index (κ3) is 4.26. The Bertz CT molecular complexity index is 1270. The van der Waals surface area contributed by atoms with Crippen LogP contribution >= 0.6 is 11.6 Å². The molecule has 3 aliphatic rings. The van der Waals surface area contributed by atoms with E-state index in [0.717, 1.165) is 25.0 Å². The molecule has 35 heavy (non-hydrogen) atoms. The summed E-state index contributed by atoms with van der Waals surface area (Å²) < 4.78 is 53.9. The minimum Gasteiger partial charge on any atom is -0.390 e. The summed E-state index contributed by atoms with van der Waals surface area (Å²) in [6.07, 6.45) is 2.64. The molecule has 0 spiro atoms. The molecule has 6 nitrogen and oxygen atoms in total. The average molecular weight is 526 g/mol. The number of fused-ring (bicyclic) bond motifs is 2. The maximum atomic E-state index is 13.6. The minimum absolute atomic E-state index is 0.00264. The summed E-state index contributed by atoms with van der Waals surface area (Å²) in [6.45, 7) is 0. The molecule has 0 saturated heterocycles. The molecule has 2 bridgehead atoms. The molecule has 0 radical (unpaired) electrons. The highest BCUT2D eigenvalue weighted by Crippen LogP contribution is 2.56. The lowest BCUT2D eigenvalue weighted by Crippen LogP contribution is -2.56. The van der Waals surface area contributed by atoms with Gasteiger partial charge in [0.05, 0.1) is 26.9 Å². The lowest BCUT2D eigenvalue weighted by atomic mass is 9.70. The average Bonchev–Trinajstić information content (AvgIpc) is 3.64. The van der Waals surface area contributed by atoms with E-state index in [1.807, 2.05) is 0 Å². The van der Waals surface area contributed by atoms with Gasteiger partial charge in [-0.05, 0) is 86.6 Å².